The van der Waals surface area contributed by atoms with Crippen molar-refractivity contribution in [1.82, 2.24) is 9.80 Å². The molecule has 0 aliphatic carbocycles. The van der Waals surface area contributed by atoms with Crippen LogP contribution in [0.2, 0.25) is 0 Å². The van der Waals surface area contributed by atoms with Crippen molar-refractivity contribution in [3.8, 4) is 11.1 Å². The molecule has 32 heavy (non-hydrogen) atoms. The van der Waals surface area contributed by atoms with Crippen LogP contribution in [-0.4, -0.2) is 61.2 Å². The monoisotopic (exact) mass is 435 g/mol. The Morgan fingerprint density at radius 3 is 2.44 bits per heavy atom. The maximum atomic E-state index is 12.3. The van der Waals surface area contributed by atoms with E-state index in [1.807, 2.05) is 37.3 Å². The average molecular weight is 436 g/mol. The summed E-state index contributed by atoms with van der Waals surface area (Å²) in [7, 11) is 3.49. The minimum atomic E-state index is -0.368. The van der Waals surface area contributed by atoms with Crippen LogP contribution in [0.3, 0.4) is 0 Å². The fraction of sp³-hybridized carbons (Fsp3) is 0.400. The summed E-state index contributed by atoms with van der Waals surface area (Å²) >= 11 is 0. The summed E-state index contributed by atoms with van der Waals surface area (Å²) in [5.41, 5.74) is 9.65. The molecule has 7 nitrogen and oxygen atoms in total. The van der Waals surface area contributed by atoms with Gasteiger partial charge in [0.05, 0.1) is 18.5 Å². The maximum Gasteiger partial charge on any atom is 0.337 e. The minimum absolute atomic E-state index is 0.0141. The van der Waals surface area contributed by atoms with Crippen molar-refractivity contribution in [1.29, 1.82) is 10.8 Å². The number of hydrogen-bond donors (Lipinski definition) is 3. The van der Waals surface area contributed by atoms with E-state index in [0.29, 0.717) is 29.4 Å². The Labute approximate surface area is 190 Å². The molecule has 0 saturated carbocycles. The van der Waals surface area contributed by atoms with Gasteiger partial charge in [0.1, 0.15) is 5.84 Å². The van der Waals surface area contributed by atoms with Gasteiger partial charge in [0.2, 0.25) is 0 Å². The number of carbonyl (C=O) groups is 1. The van der Waals surface area contributed by atoms with Gasteiger partial charge < -0.3 is 20.3 Å². The first-order chi connectivity index (χ1) is 15.3. The topological polar surface area (TPSA) is 106 Å². The number of methoxy groups -OCH3 is 1. The zero-order chi connectivity index (χ0) is 23.3. The number of nitrogens with zero attached hydrogens (tertiary/aromatic N) is 2. The Bertz CT molecular complexity index is 996. The zero-order valence-electron chi connectivity index (χ0n) is 19.1. The number of rotatable bonds is 7. The Hall–Kier alpha value is -3.19. The van der Waals surface area contributed by atoms with E-state index in [1.54, 1.807) is 6.07 Å². The molecule has 1 heterocycles. The van der Waals surface area contributed by atoms with Crippen molar-refractivity contribution < 1.29 is 9.53 Å². The van der Waals surface area contributed by atoms with E-state index >= 15 is 0 Å². The van der Waals surface area contributed by atoms with E-state index in [4.69, 9.17) is 21.3 Å². The van der Waals surface area contributed by atoms with Crippen LogP contribution in [0.1, 0.15) is 41.3 Å². The highest BCUT2D eigenvalue weighted by molar-refractivity contribution is 5.96. The Balaban J connectivity index is 1.78. The quantitative estimate of drug-likeness (QED) is 0.350. The molecule has 0 unspecified atom stereocenters. The summed E-state index contributed by atoms with van der Waals surface area (Å²) in [5, 5.41) is 15.5. The van der Waals surface area contributed by atoms with E-state index in [-0.39, 0.29) is 11.8 Å². The lowest BCUT2D eigenvalue weighted by Gasteiger charge is -2.34. The SMILES string of the molecule is COC(=O)c1cc(CN(C)CC2CCN(C(C)=N)CC2)cc(-c2cccc(C(=N)N)c2)c1. The van der Waals surface area contributed by atoms with E-state index in [9.17, 15) is 4.79 Å². The Morgan fingerprint density at radius 2 is 1.81 bits per heavy atom. The maximum absolute atomic E-state index is 12.3. The molecular weight excluding hydrogens is 402 g/mol. The normalized spacial score (nSPS) is 14.4. The second-order valence-electron chi connectivity index (χ2n) is 8.62. The molecule has 0 spiro atoms. The number of piperidine rings is 1. The van der Waals surface area contributed by atoms with Crippen molar-refractivity contribution >= 4 is 17.6 Å². The number of nitrogen functional groups attached to an aromatic ring is 1. The molecule has 2 aromatic rings. The van der Waals surface area contributed by atoms with Crippen molar-refractivity contribution in [3.05, 3.63) is 59.2 Å². The molecular formula is C25H33N5O2. The molecule has 3 rings (SSSR count). The molecule has 0 atom stereocenters. The fourth-order valence-electron chi connectivity index (χ4n) is 4.32. The molecule has 0 bridgehead atoms. The summed E-state index contributed by atoms with van der Waals surface area (Å²) in [6, 6.07) is 13.3. The molecule has 7 heteroatoms. The van der Waals surface area contributed by atoms with Crippen molar-refractivity contribution in [2.24, 2.45) is 11.7 Å². The van der Waals surface area contributed by atoms with Crippen LogP contribution < -0.4 is 5.73 Å². The predicted molar refractivity (Wildman–Crippen MR) is 128 cm³/mol. The molecule has 0 amide bonds. The van der Waals surface area contributed by atoms with Crippen LogP contribution in [0.15, 0.2) is 42.5 Å². The largest absolute Gasteiger partial charge is 0.465 e. The second-order valence-corrected chi connectivity index (χ2v) is 8.62. The molecule has 1 fully saturated rings. The van der Waals surface area contributed by atoms with Gasteiger partial charge >= 0.3 is 5.97 Å². The standard InChI is InChI=1S/C25H33N5O2/c1-17(26)30-9-7-18(8-10-30)15-29(2)16-19-11-22(14-23(12-19)25(31)32-3)20-5-4-6-21(13-20)24(27)28/h4-6,11-14,18,26H,7-10,15-16H2,1-3H3,(H3,27,28). The van der Waals surface area contributed by atoms with Crippen LogP contribution in [0.4, 0.5) is 0 Å². The Kier molecular flexibility index (Phi) is 7.64. The highest BCUT2D eigenvalue weighted by Crippen LogP contribution is 2.25. The lowest BCUT2D eigenvalue weighted by atomic mass is 9.95. The molecule has 0 aromatic heterocycles. The number of carbonyl (C=O) groups excluding carboxylic acids is 1. The van der Waals surface area contributed by atoms with Crippen molar-refractivity contribution in [2.45, 2.75) is 26.3 Å². The molecule has 1 aliphatic rings. The number of esters is 1. The van der Waals surface area contributed by atoms with Crippen LogP contribution in [0, 0.1) is 16.7 Å². The van der Waals surface area contributed by atoms with Crippen LogP contribution in [0.25, 0.3) is 11.1 Å². The number of amidine groups is 2. The summed E-state index contributed by atoms with van der Waals surface area (Å²) in [6.07, 6.45) is 2.18. The van der Waals surface area contributed by atoms with Gasteiger partial charge in [0.25, 0.3) is 0 Å². The van der Waals surface area contributed by atoms with E-state index in [1.165, 1.54) is 7.11 Å². The third kappa shape index (κ3) is 5.95. The zero-order valence-corrected chi connectivity index (χ0v) is 19.1. The highest BCUT2D eigenvalue weighted by atomic mass is 16.5. The molecule has 4 N–H and O–H groups in total. The van der Waals surface area contributed by atoms with Gasteiger partial charge in [-0.1, -0.05) is 18.2 Å². The second kappa shape index (κ2) is 10.4. The molecule has 0 radical (unpaired) electrons. The van der Waals surface area contributed by atoms with E-state index in [0.717, 1.165) is 49.2 Å². The average Bonchev–Trinajstić information content (AvgIpc) is 2.78. The molecule has 1 aliphatic heterocycles. The number of ether oxygens (including phenoxy) is 1. The number of benzene rings is 2. The Morgan fingerprint density at radius 1 is 1.12 bits per heavy atom. The lowest BCUT2D eigenvalue weighted by Crippen LogP contribution is -2.39. The fourth-order valence-corrected chi connectivity index (χ4v) is 4.32. The third-order valence-electron chi connectivity index (χ3n) is 6.03. The van der Waals surface area contributed by atoms with Gasteiger partial charge in [0.15, 0.2) is 0 Å². The molecule has 2 aromatic carbocycles. The lowest BCUT2D eigenvalue weighted by molar-refractivity contribution is 0.0600. The number of hydrogen-bond acceptors (Lipinski definition) is 5. The predicted octanol–water partition coefficient (Wildman–Crippen LogP) is 3.57. The summed E-state index contributed by atoms with van der Waals surface area (Å²) in [4.78, 5) is 16.7. The number of nitrogens with one attached hydrogen (secondary N) is 2. The first-order valence-electron chi connectivity index (χ1n) is 10.9. The van der Waals surface area contributed by atoms with Gasteiger partial charge in [-0.05, 0) is 73.7 Å². The van der Waals surface area contributed by atoms with Crippen molar-refractivity contribution in [2.75, 3.05) is 33.8 Å². The van der Waals surface area contributed by atoms with Gasteiger partial charge in [-0.3, -0.25) is 10.8 Å². The third-order valence-corrected chi connectivity index (χ3v) is 6.03. The number of nitrogens with two attached hydrogens (primary N) is 1. The smallest absolute Gasteiger partial charge is 0.337 e. The first kappa shape index (κ1) is 23.5. The van der Waals surface area contributed by atoms with Crippen molar-refractivity contribution in [3.63, 3.8) is 0 Å². The van der Waals surface area contributed by atoms with Gasteiger partial charge in [-0.2, -0.15) is 0 Å². The van der Waals surface area contributed by atoms with Crippen LogP contribution >= 0.6 is 0 Å². The highest BCUT2D eigenvalue weighted by Gasteiger charge is 2.21. The minimum Gasteiger partial charge on any atom is -0.465 e. The van der Waals surface area contributed by atoms with Gasteiger partial charge in [-0.15, -0.1) is 0 Å². The summed E-state index contributed by atoms with van der Waals surface area (Å²) in [5.74, 6) is 0.900. The number of likely N-dealkylation sites (tertiary alicyclic amines) is 1. The summed E-state index contributed by atoms with van der Waals surface area (Å²) in [6.45, 7) is 5.44. The molecule has 1 saturated heterocycles. The van der Waals surface area contributed by atoms with Crippen LogP contribution in [0.5, 0.6) is 0 Å². The summed E-state index contributed by atoms with van der Waals surface area (Å²) < 4.78 is 4.97. The van der Waals surface area contributed by atoms with E-state index in [2.05, 4.69) is 22.9 Å². The van der Waals surface area contributed by atoms with Gasteiger partial charge in [0, 0.05) is 31.7 Å². The van der Waals surface area contributed by atoms with Gasteiger partial charge in [-0.25, -0.2) is 4.79 Å². The van der Waals surface area contributed by atoms with E-state index < -0.39 is 0 Å². The first-order valence-corrected chi connectivity index (χ1v) is 10.9. The molecule has 170 valence electrons. The van der Waals surface area contributed by atoms with Crippen LogP contribution in [-0.2, 0) is 11.3 Å².